The number of aromatic nitrogens is 2. The van der Waals surface area contributed by atoms with Crippen molar-refractivity contribution in [1.29, 1.82) is 0 Å². The van der Waals surface area contributed by atoms with Gasteiger partial charge in [0.05, 0.1) is 0 Å². The van der Waals surface area contributed by atoms with E-state index in [1.54, 1.807) is 31.2 Å². The molecule has 0 aliphatic heterocycles. The summed E-state index contributed by atoms with van der Waals surface area (Å²) in [4.78, 5) is 37.4. The summed E-state index contributed by atoms with van der Waals surface area (Å²) in [7, 11) is 0. The van der Waals surface area contributed by atoms with E-state index < -0.39 is 10.8 Å². The predicted octanol–water partition coefficient (Wildman–Crippen LogP) is 1.94. The molecule has 114 valence electrons. The number of hydrogen-bond acceptors (Lipinski definition) is 5. The highest BCUT2D eigenvalue weighted by Crippen LogP contribution is 2.15. The third-order valence-electron chi connectivity index (χ3n) is 3.08. The molecular weight excluding hydrogens is 288 g/mol. The fraction of sp³-hybridized carbons (Fsp3) is 0.214. The monoisotopic (exact) mass is 302 g/mol. The summed E-state index contributed by atoms with van der Waals surface area (Å²) < 4.78 is 1.21. The Balaban J connectivity index is 2.14. The summed E-state index contributed by atoms with van der Waals surface area (Å²) in [5.41, 5.74) is 0.931. The number of imidazole rings is 1. The molecule has 0 spiro atoms. The first-order valence-electron chi connectivity index (χ1n) is 6.46. The van der Waals surface area contributed by atoms with Crippen LogP contribution < -0.4 is 5.32 Å². The molecule has 1 amide bonds. The zero-order valence-electron chi connectivity index (χ0n) is 12.1. The van der Waals surface area contributed by atoms with Crippen molar-refractivity contribution in [3.8, 4) is 0 Å². The van der Waals surface area contributed by atoms with E-state index in [2.05, 4.69) is 10.3 Å². The highest BCUT2D eigenvalue weighted by molar-refractivity contribution is 5.97. The van der Waals surface area contributed by atoms with Crippen LogP contribution in [-0.4, -0.2) is 26.2 Å². The Morgan fingerprint density at radius 1 is 1.41 bits per heavy atom. The number of rotatable bonds is 5. The topological polar surface area (TPSA) is 107 Å². The number of benzene rings is 1. The number of carbonyl (C=O) groups excluding carboxylic acids is 2. The normalized spacial score (nSPS) is 10.3. The van der Waals surface area contributed by atoms with Crippen molar-refractivity contribution in [2.45, 2.75) is 20.4 Å². The second-order valence-electron chi connectivity index (χ2n) is 4.69. The van der Waals surface area contributed by atoms with Gasteiger partial charge in [-0.15, -0.1) is 0 Å². The quantitative estimate of drug-likeness (QED) is 0.516. The predicted molar refractivity (Wildman–Crippen MR) is 78.7 cm³/mol. The molecule has 1 aromatic heterocycles. The van der Waals surface area contributed by atoms with Crippen molar-refractivity contribution in [3.63, 3.8) is 0 Å². The van der Waals surface area contributed by atoms with Gasteiger partial charge in [0.1, 0.15) is 6.20 Å². The number of nitrogens with zero attached hydrogens (tertiary/aromatic N) is 3. The van der Waals surface area contributed by atoms with Crippen LogP contribution in [0.1, 0.15) is 23.1 Å². The lowest BCUT2D eigenvalue weighted by Gasteiger charge is -2.06. The van der Waals surface area contributed by atoms with Gasteiger partial charge in [-0.1, -0.05) is 12.1 Å². The molecule has 1 aromatic carbocycles. The van der Waals surface area contributed by atoms with Gasteiger partial charge < -0.3 is 15.4 Å². The average molecular weight is 302 g/mol. The van der Waals surface area contributed by atoms with E-state index in [9.17, 15) is 19.7 Å². The summed E-state index contributed by atoms with van der Waals surface area (Å²) in [6, 6.07) is 6.48. The van der Waals surface area contributed by atoms with E-state index in [1.165, 1.54) is 11.5 Å². The van der Waals surface area contributed by atoms with E-state index in [1.807, 2.05) is 0 Å². The molecule has 0 fully saturated rings. The average Bonchev–Trinajstić information content (AvgIpc) is 2.80. The number of ketones is 1. The number of nitrogens with one attached hydrogen (secondary N) is 1. The highest BCUT2D eigenvalue weighted by Gasteiger charge is 2.20. The van der Waals surface area contributed by atoms with E-state index >= 15 is 0 Å². The Labute approximate surface area is 125 Å². The second kappa shape index (κ2) is 6.17. The number of hydrogen-bond donors (Lipinski definition) is 1. The van der Waals surface area contributed by atoms with Crippen LogP contribution in [0, 0.1) is 17.0 Å². The molecule has 0 atom stereocenters. The first-order chi connectivity index (χ1) is 10.4. The molecule has 8 heteroatoms. The Morgan fingerprint density at radius 2 is 2.14 bits per heavy atom. The summed E-state index contributed by atoms with van der Waals surface area (Å²) in [6.45, 7) is 2.78. The molecule has 0 aliphatic rings. The van der Waals surface area contributed by atoms with Crippen LogP contribution in [0.25, 0.3) is 0 Å². The van der Waals surface area contributed by atoms with Gasteiger partial charge in [0.15, 0.2) is 18.2 Å². The summed E-state index contributed by atoms with van der Waals surface area (Å²) >= 11 is 0. The summed E-state index contributed by atoms with van der Waals surface area (Å²) in [5, 5.41) is 13.5. The number of amides is 1. The maximum absolute atomic E-state index is 12.0. The minimum atomic E-state index is -0.594. The maximum atomic E-state index is 12.0. The van der Waals surface area contributed by atoms with E-state index in [0.29, 0.717) is 17.1 Å². The molecule has 0 saturated heterocycles. The van der Waals surface area contributed by atoms with Crippen LogP contribution in [0.3, 0.4) is 0 Å². The van der Waals surface area contributed by atoms with Gasteiger partial charge in [-0.25, -0.2) is 9.55 Å². The summed E-state index contributed by atoms with van der Waals surface area (Å²) in [6.07, 6.45) is 1.11. The van der Waals surface area contributed by atoms with Crippen LogP contribution in [0.4, 0.5) is 11.5 Å². The van der Waals surface area contributed by atoms with Crippen molar-refractivity contribution in [2.24, 2.45) is 0 Å². The van der Waals surface area contributed by atoms with Crippen LogP contribution >= 0.6 is 0 Å². The first-order valence-corrected chi connectivity index (χ1v) is 6.46. The molecule has 0 unspecified atom stereocenters. The Hall–Kier alpha value is -3.03. The molecule has 1 heterocycles. The van der Waals surface area contributed by atoms with Crippen molar-refractivity contribution in [1.82, 2.24) is 9.55 Å². The van der Waals surface area contributed by atoms with Gasteiger partial charge >= 0.3 is 5.82 Å². The van der Waals surface area contributed by atoms with Crippen LogP contribution in [0.2, 0.25) is 0 Å². The van der Waals surface area contributed by atoms with Gasteiger partial charge in [0.2, 0.25) is 0 Å². The third-order valence-corrected chi connectivity index (χ3v) is 3.08. The molecule has 0 aliphatic carbocycles. The lowest BCUT2D eigenvalue weighted by molar-refractivity contribution is -0.392. The number of Topliss-reactive ketones (excluding diaryl/α,β-unsaturated/α-hetero) is 1. The number of carbonyl (C=O) groups is 2. The molecular formula is C14H14N4O4. The van der Waals surface area contributed by atoms with Crippen molar-refractivity contribution in [2.75, 3.05) is 5.32 Å². The smallest absolute Gasteiger partial charge is 0.343 e. The van der Waals surface area contributed by atoms with Crippen molar-refractivity contribution >= 4 is 23.2 Å². The molecule has 0 bridgehead atoms. The Kier molecular flexibility index (Phi) is 4.31. The van der Waals surface area contributed by atoms with E-state index in [0.717, 1.165) is 6.20 Å². The van der Waals surface area contributed by atoms with Gasteiger partial charge in [-0.3, -0.25) is 9.59 Å². The zero-order valence-corrected chi connectivity index (χ0v) is 12.1. The van der Waals surface area contributed by atoms with Gasteiger partial charge in [-0.2, -0.15) is 0 Å². The standard InChI is InChI=1S/C14H14N4O4/c1-9(19)11-4-3-5-12(6-11)16-13(20)8-17-10(2)15-7-14(17)18(21)22/h3-7H,8H2,1-2H3,(H,16,20). The second-order valence-corrected chi connectivity index (χ2v) is 4.69. The van der Waals surface area contributed by atoms with E-state index in [4.69, 9.17) is 0 Å². The minimum absolute atomic E-state index is 0.114. The fourth-order valence-electron chi connectivity index (χ4n) is 1.96. The fourth-order valence-corrected chi connectivity index (χ4v) is 1.96. The molecule has 0 saturated carbocycles. The third kappa shape index (κ3) is 3.35. The molecule has 8 nitrogen and oxygen atoms in total. The SMILES string of the molecule is CC(=O)c1cccc(NC(=O)Cn2c([N+](=O)[O-])cnc2C)c1. The lowest BCUT2D eigenvalue weighted by Crippen LogP contribution is -2.20. The number of nitro groups is 1. The van der Waals surface area contributed by atoms with Gasteiger partial charge in [-0.05, 0) is 24.0 Å². The number of aryl methyl sites for hydroxylation is 1. The Morgan fingerprint density at radius 3 is 2.77 bits per heavy atom. The molecule has 2 rings (SSSR count). The first kappa shape index (κ1) is 15.4. The number of anilines is 1. The zero-order chi connectivity index (χ0) is 16.3. The molecule has 22 heavy (non-hydrogen) atoms. The highest BCUT2D eigenvalue weighted by atomic mass is 16.6. The molecule has 2 aromatic rings. The molecule has 1 N–H and O–H groups in total. The Bertz CT molecular complexity index is 751. The van der Waals surface area contributed by atoms with Crippen LogP contribution in [0.5, 0.6) is 0 Å². The molecule has 0 radical (unpaired) electrons. The summed E-state index contributed by atoms with van der Waals surface area (Å²) in [5.74, 6) is -0.424. The van der Waals surface area contributed by atoms with Crippen LogP contribution in [0.15, 0.2) is 30.5 Å². The minimum Gasteiger partial charge on any atom is -0.358 e. The van der Waals surface area contributed by atoms with E-state index in [-0.39, 0.29) is 18.1 Å². The van der Waals surface area contributed by atoms with Crippen molar-refractivity contribution < 1.29 is 14.5 Å². The van der Waals surface area contributed by atoms with Crippen LogP contribution in [-0.2, 0) is 11.3 Å². The van der Waals surface area contributed by atoms with Gasteiger partial charge in [0, 0.05) is 18.2 Å². The largest absolute Gasteiger partial charge is 0.358 e. The van der Waals surface area contributed by atoms with Gasteiger partial charge in [0.25, 0.3) is 5.91 Å². The maximum Gasteiger partial charge on any atom is 0.343 e. The van der Waals surface area contributed by atoms with Crippen molar-refractivity contribution in [3.05, 3.63) is 52.0 Å². The lowest BCUT2D eigenvalue weighted by atomic mass is 10.1.